The fraction of sp³-hybridized carbons (Fsp3) is 0.240. The van der Waals surface area contributed by atoms with E-state index in [-0.39, 0.29) is 5.69 Å². The van der Waals surface area contributed by atoms with E-state index in [2.05, 4.69) is 20.3 Å². The van der Waals surface area contributed by atoms with E-state index < -0.39 is 35.4 Å². The van der Waals surface area contributed by atoms with E-state index in [1.54, 1.807) is 17.0 Å². The fourth-order valence-corrected chi connectivity index (χ4v) is 4.98. The first-order valence-corrected chi connectivity index (χ1v) is 12.5. The Kier molecular flexibility index (Phi) is 7.38. The number of morpholine rings is 1. The number of hydrogen-bond acceptors (Lipinski definition) is 9. The van der Waals surface area contributed by atoms with Crippen molar-refractivity contribution in [3.63, 3.8) is 0 Å². The number of hydrogen-bond donors (Lipinski definition) is 3. The van der Waals surface area contributed by atoms with Gasteiger partial charge < -0.3 is 25.4 Å². The number of thiazole rings is 1. The van der Waals surface area contributed by atoms with Crippen LogP contribution in [0.3, 0.4) is 0 Å². The molecule has 2 aliphatic heterocycles. The molecule has 1 aromatic heterocycles. The number of rotatable bonds is 5. The highest BCUT2D eigenvalue weighted by Crippen LogP contribution is 2.35. The van der Waals surface area contributed by atoms with Crippen molar-refractivity contribution in [3.8, 4) is 0 Å². The first kappa shape index (κ1) is 25.4. The van der Waals surface area contributed by atoms with E-state index in [0.29, 0.717) is 48.3 Å². The minimum absolute atomic E-state index is 0.0865. The van der Waals surface area contributed by atoms with Crippen LogP contribution in [0.5, 0.6) is 0 Å². The van der Waals surface area contributed by atoms with Gasteiger partial charge in [0.1, 0.15) is 5.00 Å². The molecular weight excluding hydrogens is 516 g/mol. The number of aromatic nitrogens is 1. The predicted molar refractivity (Wildman–Crippen MR) is 141 cm³/mol. The Morgan fingerprint density at radius 2 is 1.89 bits per heavy atom. The highest BCUT2D eigenvalue weighted by atomic mass is 32.1. The lowest BCUT2D eigenvalue weighted by molar-refractivity contribution is -0.117. The number of amides is 1. The molecule has 38 heavy (non-hydrogen) atoms. The third-order valence-corrected chi connectivity index (χ3v) is 6.88. The number of nitrogens with one attached hydrogen (secondary N) is 2. The molecular formula is C25H23F2N7O3S. The number of nitrogens with two attached hydrogens (primary N) is 1. The number of aliphatic imine (C=N–C) groups is 2. The number of anilines is 2. The van der Waals surface area contributed by atoms with Crippen molar-refractivity contribution in [1.29, 1.82) is 5.41 Å². The van der Waals surface area contributed by atoms with Gasteiger partial charge in [-0.15, -0.1) is 0 Å². The van der Waals surface area contributed by atoms with Gasteiger partial charge in [-0.05, 0) is 6.07 Å². The Labute approximate surface area is 220 Å². The van der Waals surface area contributed by atoms with Gasteiger partial charge in [0.25, 0.3) is 18.4 Å². The number of halogens is 2. The minimum Gasteiger partial charge on any atom is -0.405 e. The molecule has 0 saturated carbocycles. The van der Waals surface area contributed by atoms with Crippen LogP contribution in [0.25, 0.3) is 0 Å². The SMILES string of the molecule is N=C(OC(N)=N[C@H]1N=C(c2ccccc2)c2ccccc2NC1=O)c1nc(C(F)F)sc1N1CCOCC1. The topological polar surface area (TPSA) is 138 Å². The van der Waals surface area contributed by atoms with Crippen molar-refractivity contribution in [2.24, 2.45) is 15.7 Å². The second-order valence-electron chi connectivity index (χ2n) is 8.26. The molecule has 13 heteroatoms. The van der Waals surface area contributed by atoms with Crippen molar-refractivity contribution in [3.05, 3.63) is 76.4 Å². The summed E-state index contributed by atoms with van der Waals surface area (Å²) in [7, 11) is 0. The van der Waals surface area contributed by atoms with E-state index in [9.17, 15) is 13.6 Å². The van der Waals surface area contributed by atoms with Gasteiger partial charge in [-0.3, -0.25) is 10.2 Å². The monoisotopic (exact) mass is 539 g/mol. The first-order valence-electron chi connectivity index (χ1n) is 11.7. The molecule has 1 atom stereocenters. The predicted octanol–water partition coefficient (Wildman–Crippen LogP) is 3.39. The number of carbonyl (C=O) groups is 1. The Hall–Kier alpha value is -4.23. The third kappa shape index (κ3) is 5.38. The lowest BCUT2D eigenvalue weighted by atomic mass is 10.0. The van der Waals surface area contributed by atoms with Crippen LogP contribution in [0.2, 0.25) is 0 Å². The van der Waals surface area contributed by atoms with Crippen LogP contribution in [-0.2, 0) is 14.3 Å². The van der Waals surface area contributed by atoms with Crippen LogP contribution in [0.15, 0.2) is 64.6 Å². The highest BCUT2D eigenvalue weighted by molar-refractivity contribution is 7.16. The molecule has 0 unspecified atom stereocenters. The summed E-state index contributed by atoms with van der Waals surface area (Å²) in [5, 5.41) is 11.1. The Morgan fingerprint density at radius 3 is 2.63 bits per heavy atom. The molecule has 1 saturated heterocycles. The molecule has 0 aliphatic carbocycles. The van der Waals surface area contributed by atoms with E-state index in [4.69, 9.17) is 20.6 Å². The molecule has 2 aliphatic rings. The Balaban J connectivity index is 1.44. The van der Waals surface area contributed by atoms with Crippen LogP contribution >= 0.6 is 11.3 Å². The number of fused-ring (bicyclic) bond motifs is 1. The second kappa shape index (κ2) is 11.0. The zero-order chi connectivity index (χ0) is 26.6. The summed E-state index contributed by atoms with van der Waals surface area (Å²) < 4.78 is 37.5. The van der Waals surface area contributed by atoms with Gasteiger partial charge in [0.2, 0.25) is 12.1 Å². The van der Waals surface area contributed by atoms with Crippen molar-refractivity contribution in [2.75, 3.05) is 36.5 Å². The zero-order valence-corrected chi connectivity index (χ0v) is 20.8. The Morgan fingerprint density at radius 1 is 1.18 bits per heavy atom. The molecule has 3 aromatic rings. The molecule has 2 aromatic carbocycles. The lowest BCUT2D eigenvalue weighted by Gasteiger charge is -2.27. The van der Waals surface area contributed by atoms with Crippen LogP contribution in [0, 0.1) is 5.41 Å². The normalized spacial score (nSPS) is 17.9. The summed E-state index contributed by atoms with van der Waals surface area (Å²) in [4.78, 5) is 27.4. The molecule has 10 nitrogen and oxygen atoms in total. The molecule has 1 fully saturated rings. The molecule has 3 heterocycles. The van der Waals surface area contributed by atoms with Crippen LogP contribution in [0.1, 0.15) is 28.3 Å². The number of nitrogens with zero attached hydrogens (tertiary/aromatic N) is 4. The van der Waals surface area contributed by atoms with E-state index in [0.717, 1.165) is 16.9 Å². The lowest BCUT2D eigenvalue weighted by Crippen LogP contribution is -2.37. The molecule has 0 radical (unpaired) electrons. The summed E-state index contributed by atoms with van der Waals surface area (Å²) in [6.45, 7) is 1.74. The number of benzodiazepines with no additional fused rings is 1. The first-order chi connectivity index (χ1) is 18.4. The summed E-state index contributed by atoms with van der Waals surface area (Å²) in [5.74, 6) is -1.12. The van der Waals surface area contributed by atoms with Gasteiger partial charge in [-0.25, -0.2) is 18.8 Å². The van der Waals surface area contributed by atoms with E-state index in [1.807, 2.05) is 42.5 Å². The van der Waals surface area contributed by atoms with Gasteiger partial charge in [0, 0.05) is 24.2 Å². The zero-order valence-electron chi connectivity index (χ0n) is 19.9. The smallest absolute Gasteiger partial charge is 0.291 e. The van der Waals surface area contributed by atoms with Gasteiger partial charge in [0.15, 0.2) is 10.7 Å². The van der Waals surface area contributed by atoms with Gasteiger partial charge in [-0.2, -0.15) is 4.99 Å². The number of para-hydroxylation sites is 1. The van der Waals surface area contributed by atoms with Gasteiger partial charge in [0.05, 0.1) is 24.6 Å². The van der Waals surface area contributed by atoms with Crippen molar-refractivity contribution < 1.29 is 23.0 Å². The van der Waals surface area contributed by atoms with Gasteiger partial charge in [-0.1, -0.05) is 59.9 Å². The van der Waals surface area contributed by atoms with Crippen molar-refractivity contribution in [1.82, 2.24) is 4.98 Å². The molecule has 1 amide bonds. The number of amidine groups is 1. The van der Waals surface area contributed by atoms with Gasteiger partial charge >= 0.3 is 0 Å². The standard InChI is InChI=1S/C25H23F2N7O3S/c26-19(27)23-32-18(24(38-23)34-10-12-36-13-11-34)20(28)37-25(29)33-21-22(35)30-16-9-5-4-8-15(16)17(31-21)14-6-2-1-3-7-14/h1-9,19,21,28H,10-13H2,(H2,29,33)(H,30,35)/t21-/m1/s1. The van der Waals surface area contributed by atoms with E-state index >= 15 is 0 Å². The van der Waals surface area contributed by atoms with Crippen LogP contribution in [0.4, 0.5) is 19.5 Å². The molecule has 0 bridgehead atoms. The number of ether oxygens (including phenoxy) is 2. The quantitative estimate of drug-likeness (QED) is 0.336. The number of alkyl halides is 2. The average Bonchev–Trinajstić information content (AvgIpc) is 3.33. The molecule has 5 rings (SSSR count). The molecule has 4 N–H and O–H groups in total. The summed E-state index contributed by atoms with van der Waals surface area (Å²) in [6.07, 6.45) is -4.13. The minimum atomic E-state index is -2.81. The van der Waals surface area contributed by atoms with Crippen LogP contribution in [-0.4, -0.2) is 61.0 Å². The summed E-state index contributed by atoms with van der Waals surface area (Å²) >= 11 is 0.781. The summed E-state index contributed by atoms with van der Waals surface area (Å²) in [6, 6.07) is 16.0. The number of carbonyl (C=O) groups excluding carboxylic acids is 1. The average molecular weight is 540 g/mol. The Bertz CT molecular complexity index is 1400. The van der Waals surface area contributed by atoms with Crippen LogP contribution < -0.4 is 16.0 Å². The molecule has 0 spiro atoms. The van der Waals surface area contributed by atoms with E-state index in [1.165, 1.54) is 0 Å². The maximum Gasteiger partial charge on any atom is 0.291 e. The maximum absolute atomic E-state index is 13.4. The third-order valence-electron chi connectivity index (χ3n) is 5.76. The fourth-order valence-electron chi connectivity index (χ4n) is 4.01. The van der Waals surface area contributed by atoms with Crippen molar-refractivity contribution >= 4 is 45.6 Å². The summed E-state index contributed by atoms with van der Waals surface area (Å²) in [5.41, 5.74) is 8.43. The second-order valence-corrected chi connectivity index (χ2v) is 9.27. The van der Waals surface area contributed by atoms with Crippen molar-refractivity contribution in [2.45, 2.75) is 12.6 Å². The highest BCUT2D eigenvalue weighted by Gasteiger charge is 2.29. The molecule has 196 valence electrons. The number of benzene rings is 2. The maximum atomic E-state index is 13.4. The largest absolute Gasteiger partial charge is 0.405 e.